The SMILES string of the molecule is CNC(=O)c1ccc(NC2(CO)CC2)c([N+](=O)[O-])c1. The van der Waals surface area contributed by atoms with Crippen molar-refractivity contribution < 1.29 is 14.8 Å². The van der Waals surface area contributed by atoms with Gasteiger partial charge in [0, 0.05) is 18.7 Å². The number of aliphatic hydroxyl groups excluding tert-OH is 1. The van der Waals surface area contributed by atoms with Crippen molar-refractivity contribution in [3.63, 3.8) is 0 Å². The molecule has 0 atom stereocenters. The summed E-state index contributed by atoms with van der Waals surface area (Å²) in [6.07, 6.45) is 1.55. The maximum atomic E-state index is 11.5. The summed E-state index contributed by atoms with van der Waals surface area (Å²) in [6, 6.07) is 4.24. The van der Waals surface area contributed by atoms with Crippen molar-refractivity contribution in [2.45, 2.75) is 18.4 Å². The second kappa shape index (κ2) is 4.85. The first kappa shape index (κ1) is 13.3. The van der Waals surface area contributed by atoms with E-state index in [-0.39, 0.29) is 23.8 Å². The van der Waals surface area contributed by atoms with Crippen molar-refractivity contribution in [2.24, 2.45) is 0 Å². The van der Waals surface area contributed by atoms with Crippen LogP contribution in [-0.4, -0.2) is 35.1 Å². The number of nitrogens with zero attached hydrogens (tertiary/aromatic N) is 1. The van der Waals surface area contributed by atoms with Crippen LogP contribution in [0.15, 0.2) is 18.2 Å². The lowest BCUT2D eigenvalue weighted by Gasteiger charge is -2.16. The number of hydrogen-bond acceptors (Lipinski definition) is 5. The largest absolute Gasteiger partial charge is 0.394 e. The number of carbonyl (C=O) groups is 1. The van der Waals surface area contributed by atoms with Crippen molar-refractivity contribution in [3.05, 3.63) is 33.9 Å². The number of nitro benzene ring substituents is 1. The number of amides is 1. The van der Waals surface area contributed by atoms with Gasteiger partial charge in [-0.1, -0.05) is 0 Å². The summed E-state index contributed by atoms with van der Waals surface area (Å²) in [6.45, 7) is -0.0681. The first-order chi connectivity index (χ1) is 9.01. The highest BCUT2D eigenvalue weighted by molar-refractivity contribution is 5.95. The first-order valence-electron chi connectivity index (χ1n) is 5.91. The molecule has 0 heterocycles. The van der Waals surface area contributed by atoms with Gasteiger partial charge in [-0.25, -0.2) is 0 Å². The van der Waals surface area contributed by atoms with Crippen LogP contribution in [0.4, 0.5) is 11.4 Å². The minimum atomic E-state index is -0.539. The predicted octanol–water partition coefficient (Wildman–Crippen LogP) is 0.891. The van der Waals surface area contributed by atoms with Crippen LogP contribution < -0.4 is 10.6 Å². The van der Waals surface area contributed by atoms with E-state index in [1.807, 2.05) is 0 Å². The second-order valence-electron chi connectivity index (χ2n) is 4.63. The van der Waals surface area contributed by atoms with E-state index in [9.17, 15) is 20.0 Å². The van der Waals surface area contributed by atoms with E-state index in [2.05, 4.69) is 10.6 Å². The molecule has 102 valence electrons. The van der Waals surface area contributed by atoms with E-state index in [0.717, 1.165) is 12.8 Å². The predicted molar refractivity (Wildman–Crippen MR) is 69.2 cm³/mol. The summed E-state index contributed by atoms with van der Waals surface area (Å²) in [5.74, 6) is -0.377. The normalized spacial score (nSPS) is 15.7. The Morgan fingerprint density at radius 2 is 2.21 bits per heavy atom. The van der Waals surface area contributed by atoms with Crippen molar-refractivity contribution in [1.29, 1.82) is 0 Å². The molecular weight excluding hydrogens is 250 g/mol. The quantitative estimate of drug-likeness (QED) is 0.541. The molecule has 0 saturated heterocycles. The summed E-state index contributed by atoms with van der Waals surface area (Å²) in [5, 5.41) is 25.7. The monoisotopic (exact) mass is 265 g/mol. The first-order valence-corrected chi connectivity index (χ1v) is 5.91. The fourth-order valence-corrected chi connectivity index (χ4v) is 1.83. The molecule has 7 nitrogen and oxygen atoms in total. The molecule has 0 spiro atoms. The van der Waals surface area contributed by atoms with Gasteiger partial charge in [0.05, 0.1) is 17.1 Å². The standard InChI is InChI=1S/C12H15N3O4/c1-13-11(17)8-2-3-9(10(6-8)15(18)19)14-12(7-16)4-5-12/h2-3,6,14,16H,4-5,7H2,1H3,(H,13,17). The third-order valence-corrected chi connectivity index (χ3v) is 3.24. The summed E-state index contributed by atoms with van der Waals surface area (Å²) in [7, 11) is 1.46. The minimum Gasteiger partial charge on any atom is -0.394 e. The van der Waals surface area contributed by atoms with E-state index >= 15 is 0 Å². The summed E-state index contributed by atoms with van der Waals surface area (Å²) in [5.41, 5.74) is -0.0575. The Morgan fingerprint density at radius 1 is 1.53 bits per heavy atom. The van der Waals surface area contributed by atoms with Crippen molar-refractivity contribution >= 4 is 17.3 Å². The lowest BCUT2D eigenvalue weighted by Crippen LogP contribution is -2.26. The van der Waals surface area contributed by atoms with Crippen LogP contribution in [0.3, 0.4) is 0 Å². The molecule has 1 aliphatic carbocycles. The highest BCUT2D eigenvalue weighted by Crippen LogP contribution is 2.40. The molecule has 0 aliphatic heterocycles. The molecule has 0 aromatic heterocycles. The zero-order valence-corrected chi connectivity index (χ0v) is 10.5. The Kier molecular flexibility index (Phi) is 3.39. The van der Waals surface area contributed by atoms with E-state index in [4.69, 9.17) is 0 Å². The maximum absolute atomic E-state index is 11.5. The molecule has 19 heavy (non-hydrogen) atoms. The fraction of sp³-hybridized carbons (Fsp3) is 0.417. The Labute approximate surface area is 109 Å². The molecule has 1 aromatic rings. The van der Waals surface area contributed by atoms with Crippen molar-refractivity contribution in [3.8, 4) is 0 Å². The Balaban J connectivity index is 2.33. The van der Waals surface area contributed by atoms with Gasteiger partial charge in [-0.15, -0.1) is 0 Å². The maximum Gasteiger partial charge on any atom is 0.293 e. The Morgan fingerprint density at radius 3 is 2.68 bits per heavy atom. The fourth-order valence-electron chi connectivity index (χ4n) is 1.83. The third-order valence-electron chi connectivity index (χ3n) is 3.24. The van der Waals surface area contributed by atoms with Gasteiger partial charge >= 0.3 is 0 Å². The lowest BCUT2D eigenvalue weighted by molar-refractivity contribution is -0.384. The smallest absolute Gasteiger partial charge is 0.293 e. The van der Waals surface area contributed by atoms with Crippen LogP contribution in [0.5, 0.6) is 0 Å². The molecule has 0 unspecified atom stereocenters. The topological polar surface area (TPSA) is 104 Å². The molecule has 0 bridgehead atoms. The van der Waals surface area contributed by atoms with Crippen LogP contribution in [-0.2, 0) is 0 Å². The minimum absolute atomic E-state index is 0.0681. The van der Waals surface area contributed by atoms with Gasteiger partial charge in [0.1, 0.15) is 5.69 Å². The van der Waals surface area contributed by atoms with Crippen molar-refractivity contribution in [1.82, 2.24) is 5.32 Å². The van der Waals surface area contributed by atoms with Gasteiger partial charge in [-0.2, -0.15) is 0 Å². The highest BCUT2D eigenvalue weighted by atomic mass is 16.6. The van der Waals surface area contributed by atoms with Gasteiger partial charge < -0.3 is 15.7 Å². The summed E-state index contributed by atoms with van der Waals surface area (Å²) < 4.78 is 0. The van der Waals surface area contributed by atoms with Gasteiger partial charge in [-0.3, -0.25) is 14.9 Å². The zero-order valence-electron chi connectivity index (χ0n) is 10.5. The molecular formula is C12H15N3O4. The number of rotatable bonds is 5. The van der Waals surface area contributed by atoms with Crippen LogP contribution >= 0.6 is 0 Å². The molecule has 0 radical (unpaired) electrons. The second-order valence-corrected chi connectivity index (χ2v) is 4.63. The number of nitrogens with one attached hydrogen (secondary N) is 2. The number of benzene rings is 1. The molecule has 1 aromatic carbocycles. The molecule has 1 saturated carbocycles. The lowest BCUT2D eigenvalue weighted by atomic mass is 10.1. The molecule has 1 aliphatic rings. The molecule has 3 N–H and O–H groups in total. The number of carbonyl (C=O) groups excluding carboxylic acids is 1. The van der Waals surface area contributed by atoms with Crippen LogP contribution in [0, 0.1) is 10.1 Å². The Bertz CT molecular complexity index is 526. The van der Waals surface area contributed by atoms with Crippen LogP contribution in [0.1, 0.15) is 23.2 Å². The molecule has 2 rings (SSSR count). The molecule has 7 heteroatoms. The van der Waals surface area contributed by atoms with Crippen LogP contribution in [0.2, 0.25) is 0 Å². The van der Waals surface area contributed by atoms with E-state index in [1.165, 1.54) is 25.2 Å². The Hall–Kier alpha value is -2.15. The van der Waals surface area contributed by atoms with Crippen molar-refractivity contribution in [2.75, 3.05) is 19.0 Å². The van der Waals surface area contributed by atoms with E-state index in [0.29, 0.717) is 5.69 Å². The third kappa shape index (κ3) is 2.65. The average molecular weight is 265 g/mol. The number of hydrogen-bond donors (Lipinski definition) is 3. The molecule has 1 amide bonds. The van der Waals surface area contributed by atoms with E-state index < -0.39 is 10.5 Å². The number of aliphatic hydroxyl groups is 1. The van der Waals surface area contributed by atoms with Gasteiger partial charge in [0.2, 0.25) is 0 Å². The molecule has 1 fully saturated rings. The summed E-state index contributed by atoms with van der Waals surface area (Å²) in [4.78, 5) is 22.0. The van der Waals surface area contributed by atoms with Gasteiger partial charge in [0.25, 0.3) is 11.6 Å². The van der Waals surface area contributed by atoms with Crippen LogP contribution in [0.25, 0.3) is 0 Å². The zero-order chi connectivity index (χ0) is 14.0. The van der Waals surface area contributed by atoms with Gasteiger partial charge in [0.15, 0.2) is 0 Å². The highest BCUT2D eigenvalue weighted by Gasteiger charge is 2.43. The summed E-state index contributed by atoms with van der Waals surface area (Å²) >= 11 is 0. The van der Waals surface area contributed by atoms with Gasteiger partial charge in [-0.05, 0) is 25.0 Å². The van der Waals surface area contributed by atoms with E-state index in [1.54, 1.807) is 0 Å². The average Bonchev–Trinajstić information content (AvgIpc) is 3.18. The number of anilines is 1. The number of nitro groups is 1.